The predicted octanol–water partition coefficient (Wildman–Crippen LogP) is 2.29. The lowest BCUT2D eigenvalue weighted by Crippen LogP contribution is -2.20. The maximum absolute atomic E-state index is 12.4. The molecule has 0 atom stereocenters. The van der Waals surface area contributed by atoms with Gasteiger partial charge in [-0.2, -0.15) is 4.98 Å². The van der Waals surface area contributed by atoms with Crippen LogP contribution in [0.4, 0.5) is 0 Å². The minimum absolute atomic E-state index is 0.323. The fourth-order valence-corrected chi connectivity index (χ4v) is 2.90. The molecule has 1 N–H and O–H groups in total. The van der Waals surface area contributed by atoms with Crippen molar-refractivity contribution in [3.8, 4) is 22.6 Å². The van der Waals surface area contributed by atoms with E-state index in [2.05, 4.69) is 4.98 Å². The van der Waals surface area contributed by atoms with E-state index < -0.39 is 11.7 Å². The molecule has 1 aromatic heterocycles. The standard InChI is InChI=1S/C19H16N2O4/c1-11-17(13-6-4-3-5-7-13)18(23)20-12(2)21(11)14-8-9-16(22)15(10-14)19(24)25/h3-10,22H,1-2H3,(H,24,25)/p-1. The van der Waals surface area contributed by atoms with Gasteiger partial charge in [0.05, 0.1) is 11.1 Å². The van der Waals surface area contributed by atoms with Gasteiger partial charge in [-0.1, -0.05) is 42.1 Å². The molecule has 1 heterocycles. The second-order valence-electron chi connectivity index (χ2n) is 5.61. The van der Waals surface area contributed by atoms with Gasteiger partial charge in [0, 0.05) is 11.4 Å². The second-order valence-corrected chi connectivity index (χ2v) is 5.61. The summed E-state index contributed by atoms with van der Waals surface area (Å²) >= 11 is 0. The van der Waals surface area contributed by atoms with Gasteiger partial charge in [0.15, 0.2) is 0 Å². The third kappa shape index (κ3) is 2.89. The van der Waals surface area contributed by atoms with Crippen LogP contribution >= 0.6 is 0 Å². The lowest BCUT2D eigenvalue weighted by Gasteiger charge is -2.19. The van der Waals surface area contributed by atoms with Crippen LogP contribution in [0.1, 0.15) is 21.9 Å². The SMILES string of the molecule is Cc1nc(=O)c(-c2ccccc2)c(C)n1-c1ccc([O-])c(C(=O)O)c1. The number of aromatic nitrogens is 2. The molecule has 0 aliphatic rings. The Labute approximate surface area is 143 Å². The molecule has 2 aromatic carbocycles. The van der Waals surface area contributed by atoms with E-state index in [1.807, 2.05) is 30.3 Å². The Morgan fingerprint density at radius 1 is 1.12 bits per heavy atom. The molecule has 0 radical (unpaired) electrons. The van der Waals surface area contributed by atoms with Crippen molar-refractivity contribution < 1.29 is 15.0 Å². The summed E-state index contributed by atoms with van der Waals surface area (Å²) < 4.78 is 1.68. The van der Waals surface area contributed by atoms with Crippen LogP contribution in [0.2, 0.25) is 0 Å². The molecule has 0 bridgehead atoms. The molecule has 0 amide bonds. The molecule has 0 saturated heterocycles. The summed E-state index contributed by atoms with van der Waals surface area (Å²) in [5.74, 6) is -1.44. The third-order valence-corrected chi connectivity index (χ3v) is 4.01. The van der Waals surface area contributed by atoms with Crippen LogP contribution in [0.5, 0.6) is 5.75 Å². The van der Waals surface area contributed by atoms with Gasteiger partial charge in [0.25, 0.3) is 5.56 Å². The van der Waals surface area contributed by atoms with E-state index in [9.17, 15) is 19.8 Å². The van der Waals surface area contributed by atoms with Gasteiger partial charge in [0.1, 0.15) is 5.82 Å². The highest BCUT2D eigenvalue weighted by Gasteiger charge is 2.16. The monoisotopic (exact) mass is 335 g/mol. The van der Waals surface area contributed by atoms with Crippen LogP contribution in [0.15, 0.2) is 53.3 Å². The minimum Gasteiger partial charge on any atom is -0.872 e. The average molecular weight is 335 g/mol. The zero-order chi connectivity index (χ0) is 18.1. The van der Waals surface area contributed by atoms with Gasteiger partial charge >= 0.3 is 5.97 Å². The lowest BCUT2D eigenvalue weighted by molar-refractivity contribution is -0.268. The fourth-order valence-electron chi connectivity index (χ4n) is 2.90. The van der Waals surface area contributed by atoms with Crippen molar-refractivity contribution in [1.29, 1.82) is 0 Å². The number of benzene rings is 2. The topological polar surface area (TPSA) is 95.3 Å². The van der Waals surface area contributed by atoms with Gasteiger partial charge in [-0.25, -0.2) is 4.79 Å². The van der Waals surface area contributed by atoms with Crippen molar-refractivity contribution in [2.24, 2.45) is 0 Å². The van der Waals surface area contributed by atoms with Crippen LogP contribution in [-0.4, -0.2) is 20.6 Å². The van der Waals surface area contributed by atoms with Crippen molar-refractivity contribution in [1.82, 2.24) is 9.55 Å². The van der Waals surface area contributed by atoms with Crippen molar-refractivity contribution in [2.45, 2.75) is 13.8 Å². The van der Waals surface area contributed by atoms with Crippen molar-refractivity contribution in [3.05, 3.63) is 76.0 Å². The lowest BCUT2D eigenvalue weighted by atomic mass is 10.0. The number of hydrogen-bond donors (Lipinski definition) is 1. The zero-order valence-corrected chi connectivity index (χ0v) is 13.7. The Hall–Kier alpha value is -3.41. The maximum Gasteiger partial charge on any atom is 0.335 e. The first-order valence-electron chi connectivity index (χ1n) is 7.60. The summed E-state index contributed by atoms with van der Waals surface area (Å²) in [4.78, 5) is 27.7. The molecule has 0 aliphatic carbocycles. The molecule has 3 aromatic rings. The summed E-state index contributed by atoms with van der Waals surface area (Å²) in [5, 5.41) is 20.9. The molecule has 0 unspecified atom stereocenters. The Morgan fingerprint density at radius 2 is 1.80 bits per heavy atom. The first-order valence-corrected chi connectivity index (χ1v) is 7.60. The third-order valence-electron chi connectivity index (χ3n) is 4.01. The van der Waals surface area contributed by atoms with Gasteiger partial charge < -0.3 is 14.8 Å². The molecule has 0 saturated carbocycles. The van der Waals surface area contributed by atoms with E-state index in [1.165, 1.54) is 18.2 Å². The number of nitrogens with zero attached hydrogens (tertiary/aromatic N) is 2. The fraction of sp³-hybridized carbons (Fsp3) is 0.105. The largest absolute Gasteiger partial charge is 0.872 e. The van der Waals surface area contributed by atoms with Crippen LogP contribution in [0.3, 0.4) is 0 Å². The summed E-state index contributed by atoms with van der Waals surface area (Å²) in [5.41, 5.74) is 1.59. The minimum atomic E-state index is -1.29. The highest BCUT2D eigenvalue weighted by Crippen LogP contribution is 2.25. The molecule has 6 nitrogen and oxygen atoms in total. The number of aryl methyl sites for hydroxylation is 1. The van der Waals surface area contributed by atoms with E-state index in [0.29, 0.717) is 22.8 Å². The number of carboxylic acid groups (broad SMARTS) is 1. The molecule has 6 heteroatoms. The van der Waals surface area contributed by atoms with Gasteiger partial charge in [0.2, 0.25) is 0 Å². The molecule has 0 spiro atoms. The van der Waals surface area contributed by atoms with E-state index in [0.717, 1.165) is 5.56 Å². The number of carbonyl (C=O) groups is 1. The second kappa shape index (κ2) is 6.24. The molecular formula is C19H15N2O4-. The van der Waals surface area contributed by atoms with Crippen molar-refractivity contribution in [3.63, 3.8) is 0 Å². The first-order chi connectivity index (χ1) is 11.9. The van der Waals surface area contributed by atoms with E-state index in [-0.39, 0.29) is 11.1 Å². The average Bonchev–Trinajstić information content (AvgIpc) is 2.56. The summed E-state index contributed by atoms with van der Waals surface area (Å²) in [7, 11) is 0. The number of carboxylic acids is 1. The Balaban J connectivity index is 2.30. The van der Waals surface area contributed by atoms with Crippen molar-refractivity contribution in [2.75, 3.05) is 0 Å². The molecule has 126 valence electrons. The number of rotatable bonds is 3. The maximum atomic E-state index is 12.4. The van der Waals surface area contributed by atoms with E-state index in [4.69, 9.17) is 0 Å². The smallest absolute Gasteiger partial charge is 0.335 e. The zero-order valence-electron chi connectivity index (χ0n) is 13.7. The van der Waals surface area contributed by atoms with Crippen molar-refractivity contribution >= 4 is 5.97 Å². The van der Waals surface area contributed by atoms with Gasteiger partial charge in [-0.15, -0.1) is 0 Å². The number of hydrogen-bond acceptors (Lipinski definition) is 4. The highest BCUT2D eigenvalue weighted by molar-refractivity contribution is 5.91. The van der Waals surface area contributed by atoms with Crippen LogP contribution < -0.4 is 10.7 Å². The summed E-state index contributed by atoms with van der Waals surface area (Å²) in [6, 6.07) is 13.2. The molecule has 25 heavy (non-hydrogen) atoms. The summed E-state index contributed by atoms with van der Waals surface area (Å²) in [6.45, 7) is 3.43. The molecule has 3 rings (SSSR count). The van der Waals surface area contributed by atoms with Gasteiger partial charge in [-0.3, -0.25) is 4.79 Å². The summed E-state index contributed by atoms with van der Waals surface area (Å²) in [6.07, 6.45) is 0. The highest BCUT2D eigenvalue weighted by atomic mass is 16.4. The Kier molecular flexibility index (Phi) is 4.10. The molecular weight excluding hydrogens is 320 g/mol. The van der Waals surface area contributed by atoms with Crippen LogP contribution in [-0.2, 0) is 0 Å². The predicted molar refractivity (Wildman–Crippen MR) is 91.1 cm³/mol. The van der Waals surface area contributed by atoms with Crippen LogP contribution in [0.25, 0.3) is 16.8 Å². The first kappa shape index (κ1) is 16.4. The van der Waals surface area contributed by atoms with E-state index >= 15 is 0 Å². The Morgan fingerprint density at radius 3 is 2.44 bits per heavy atom. The quantitative estimate of drug-likeness (QED) is 0.792. The van der Waals surface area contributed by atoms with E-state index in [1.54, 1.807) is 18.4 Å². The van der Waals surface area contributed by atoms with Gasteiger partial charge in [-0.05, 0) is 31.5 Å². The molecule has 0 fully saturated rings. The van der Waals surface area contributed by atoms with Crippen LogP contribution in [0, 0.1) is 13.8 Å². The normalized spacial score (nSPS) is 10.6. The molecule has 0 aliphatic heterocycles. The Bertz CT molecular complexity index is 1020. The number of aromatic carboxylic acids is 1.